The molecule has 1 aliphatic rings. The first-order valence-corrected chi connectivity index (χ1v) is 10.4. The Kier molecular flexibility index (Phi) is 6.32. The van der Waals surface area contributed by atoms with Crippen molar-refractivity contribution in [1.29, 1.82) is 0 Å². The summed E-state index contributed by atoms with van der Waals surface area (Å²) in [4.78, 5) is 17.4. The van der Waals surface area contributed by atoms with Crippen LogP contribution in [0.5, 0.6) is 17.2 Å². The van der Waals surface area contributed by atoms with Crippen LogP contribution in [-0.2, 0) is 18.3 Å². The lowest BCUT2D eigenvalue weighted by molar-refractivity contribution is -0.121. The maximum atomic E-state index is 13.0. The number of carbonyl (C=O) groups is 1. The minimum Gasteiger partial charge on any atom is -0.497 e. The van der Waals surface area contributed by atoms with Gasteiger partial charge in [0.05, 0.1) is 31.8 Å². The fourth-order valence-corrected chi connectivity index (χ4v) is 3.82. The summed E-state index contributed by atoms with van der Waals surface area (Å²) in [5, 5.41) is 3.54. The van der Waals surface area contributed by atoms with Gasteiger partial charge in [-0.25, -0.2) is 4.98 Å². The van der Waals surface area contributed by atoms with Crippen molar-refractivity contribution in [2.24, 2.45) is 7.05 Å². The van der Waals surface area contributed by atoms with E-state index in [0.29, 0.717) is 29.7 Å². The van der Waals surface area contributed by atoms with Crippen molar-refractivity contribution >= 4 is 17.5 Å². The molecule has 2 aromatic carbocycles. The van der Waals surface area contributed by atoms with Crippen molar-refractivity contribution in [1.82, 2.24) is 14.9 Å². The number of aromatic nitrogens is 2. The zero-order valence-electron chi connectivity index (χ0n) is 17.4. The van der Waals surface area contributed by atoms with Gasteiger partial charge in [-0.15, -0.1) is 0 Å². The maximum Gasteiger partial charge on any atom is 0.225 e. The van der Waals surface area contributed by atoms with Crippen LogP contribution in [0.15, 0.2) is 48.8 Å². The number of ether oxygens (including phenoxy) is 3. The summed E-state index contributed by atoms with van der Waals surface area (Å²) in [5.74, 6) is 2.43. The number of aryl methyl sites for hydroxylation is 1. The maximum absolute atomic E-state index is 13.0. The molecule has 3 aromatic rings. The minimum atomic E-state index is -0.408. The highest BCUT2D eigenvalue weighted by atomic mass is 35.5. The molecular weight excluding hydrogens is 418 g/mol. The van der Waals surface area contributed by atoms with Gasteiger partial charge in [0.2, 0.25) is 5.91 Å². The third-order valence-corrected chi connectivity index (χ3v) is 5.38. The Hall–Kier alpha value is -3.19. The molecule has 0 unspecified atom stereocenters. The first-order valence-electron chi connectivity index (χ1n) is 10.0. The van der Waals surface area contributed by atoms with E-state index in [1.165, 1.54) is 0 Å². The van der Waals surface area contributed by atoms with Gasteiger partial charge >= 0.3 is 0 Å². The Morgan fingerprint density at radius 1 is 1.26 bits per heavy atom. The second-order valence-corrected chi connectivity index (χ2v) is 7.71. The molecule has 0 saturated carbocycles. The van der Waals surface area contributed by atoms with Crippen LogP contribution in [0.25, 0.3) is 0 Å². The molecule has 8 heteroatoms. The third-order valence-electron chi connectivity index (χ3n) is 5.10. The van der Waals surface area contributed by atoms with Gasteiger partial charge in [-0.2, -0.15) is 0 Å². The van der Waals surface area contributed by atoms with Crippen LogP contribution >= 0.6 is 11.6 Å². The van der Waals surface area contributed by atoms with Crippen molar-refractivity contribution in [2.45, 2.75) is 18.9 Å². The van der Waals surface area contributed by atoms with E-state index in [1.54, 1.807) is 19.4 Å². The normalized spacial score (nSPS) is 13.9. The lowest BCUT2D eigenvalue weighted by Gasteiger charge is -2.20. The van der Waals surface area contributed by atoms with Crippen molar-refractivity contribution < 1.29 is 19.0 Å². The van der Waals surface area contributed by atoms with Crippen molar-refractivity contribution in [3.05, 3.63) is 70.8 Å². The number of carbonyl (C=O) groups excluding carboxylic acids is 1. The average molecular weight is 442 g/mol. The number of nitrogens with zero attached hydrogens (tertiary/aromatic N) is 2. The van der Waals surface area contributed by atoms with Crippen LogP contribution < -0.4 is 19.5 Å². The summed E-state index contributed by atoms with van der Waals surface area (Å²) in [6.45, 7) is 1.11. The molecule has 7 nitrogen and oxygen atoms in total. The minimum absolute atomic E-state index is 0.146. The molecule has 0 aliphatic carbocycles. The standard InChI is InChI=1S/C23H24ClN3O4/c1-27-9-8-25-23(27)21(16-4-6-17(29-2)7-5-16)26-20(28)14-15-12-18(24)22-19(13-15)30-10-3-11-31-22/h4-9,12-13,21H,3,10-11,14H2,1-2H3,(H,26,28)/t21-/m1/s1. The van der Waals surface area contributed by atoms with Crippen molar-refractivity contribution in [2.75, 3.05) is 20.3 Å². The predicted molar refractivity (Wildman–Crippen MR) is 117 cm³/mol. The summed E-state index contributed by atoms with van der Waals surface area (Å²) in [5.41, 5.74) is 1.65. The van der Waals surface area contributed by atoms with Crippen LogP contribution in [0.3, 0.4) is 0 Å². The summed E-state index contributed by atoms with van der Waals surface area (Å²) in [6.07, 6.45) is 4.49. The highest BCUT2D eigenvalue weighted by Crippen LogP contribution is 2.38. The summed E-state index contributed by atoms with van der Waals surface area (Å²) >= 11 is 6.37. The summed E-state index contributed by atoms with van der Waals surface area (Å²) < 4.78 is 18.5. The fourth-order valence-electron chi connectivity index (χ4n) is 3.53. The van der Waals surface area contributed by atoms with E-state index in [1.807, 2.05) is 48.1 Å². The van der Waals surface area contributed by atoms with Crippen molar-refractivity contribution in [3.8, 4) is 17.2 Å². The number of benzene rings is 2. The van der Waals surface area contributed by atoms with Crippen LogP contribution in [0, 0.1) is 0 Å². The van der Waals surface area contributed by atoms with E-state index in [2.05, 4.69) is 10.3 Å². The molecule has 1 N–H and O–H groups in total. The Morgan fingerprint density at radius 2 is 2.03 bits per heavy atom. The quantitative estimate of drug-likeness (QED) is 0.631. The number of halogens is 1. The third kappa shape index (κ3) is 4.77. The molecule has 0 bridgehead atoms. The smallest absolute Gasteiger partial charge is 0.225 e. The first kappa shape index (κ1) is 21.1. The lowest BCUT2D eigenvalue weighted by atomic mass is 10.0. The van der Waals surface area contributed by atoms with Gasteiger partial charge < -0.3 is 24.1 Å². The molecule has 4 rings (SSSR count). The highest BCUT2D eigenvalue weighted by Gasteiger charge is 2.22. The summed E-state index contributed by atoms with van der Waals surface area (Å²) in [7, 11) is 3.52. The molecule has 1 atom stereocenters. The number of hydrogen-bond acceptors (Lipinski definition) is 5. The van der Waals surface area contributed by atoms with E-state index in [0.717, 1.165) is 29.1 Å². The van der Waals surface area contributed by atoms with Crippen LogP contribution in [-0.4, -0.2) is 35.8 Å². The van der Waals surface area contributed by atoms with Crippen LogP contribution in [0.2, 0.25) is 5.02 Å². The van der Waals surface area contributed by atoms with Gasteiger partial charge in [0, 0.05) is 25.9 Å². The Morgan fingerprint density at radius 3 is 2.74 bits per heavy atom. The zero-order valence-corrected chi connectivity index (χ0v) is 18.2. The second kappa shape index (κ2) is 9.31. The SMILES string of the molecule is COc1ccc([C@@H](NC(=O)Cc2cc(Cl)c3c(c2)OCCCO3)c2nccn2C)cc1. The molecule has 0 spiro atoms. The van der Waals surface area contributed by atoms with Gasteiger partial charge in [0.25, 0.3) is 0 Å². The van der Waals surface area contributed by atoms with E-state index >= 15 is 0 Å². The van der Waals surface area contributed by atoms with E-state index in [-0.39, 0.29) is 12.3 Å². The Balaban J connectivity index is 1.56. The highest BCUT2D eigenvalue weighted by molar-refractivity contribution is 6.32. The molecule has 0 radical (unpaired) electrons. The number of rotatable bonds is 6. The number of methoxy groups -OCH3 is 1. The monoisotopic (exact) mass is 441 g/mol. The Labute approximate surface area is 185 Å². The first-order chi connectivity index (χ1) is 15.0. The van der Waals surface area contributed by atoms with Crippen LogP contribution in [0.4, 0.5) is 0 Å². The number of imidazole rings is 1. The number of hydrogen-bond donors (Lipinski definition) is 1. The molecule has 0 fully saturated rings. The molecule has 1 aromatic heterocycles. The van der Waals surface area contributed by atoms with Crippen LogP contribution in [0.1, 0.15) is 29.4 Å². The lowest BCUT2D eigenvalue weighted by Crippen LogP contribution is -2.32. The average Bonchev–Trinajstić information content (AvgIpc) is 3.03. The van der Waals surface area contributed by atoms with Gasteiger partial charge in [0.15, 0.2) is 11.5 Å². The van der Waals surface area contributed by atoms with E-state index < -0.39 is 6.04 Å². The number of amides is 1. The number of nitrogens with one attached hydrogen (secondary N) is 1. The fraction of sp³-hybridized carbons (Fsp3) is 0.304. The van der Waals surface area contributed by atoms with E-state index in [9.17, 15) is 4.79 Å². The second-order valence-electron chi connectivity index (χ2n) is 7.30. The molecule has 0 saturated heterocycles. The molecule has 1 aliphatic heterocycles. The Bertz CT molecular complexity index is 1070. The predicted octanol–water partition coefficient (Wildman–Crippen LogP) is 3.69. The topological polar surface area (TPSA) is 74.6 Å². The zero-order chi connectivity index (χ0) is 21.8. The summed E-state index contributed by atoms with van der Waals surface area (Å²) in [6, 6.07) is 10.7. The molecule has 162 valence electrons. The van der Waals surface area contributed by atoms with Gasteiger partial charge in [-0.05, 0) is 35.4 Å². The molecular formula is C23H24ClN3O4. The van der Waals surface area contributed by atoms with Gasteiger partial charge in [-0.1, -0.05) is 23.7 Å². The molecule has 31 heavy (non-hydrogen) atoms. The number of fused-ring (bicyclic) bond motifs is 1. The van der Waals surface area contributed by atoms with Gasteiger partial charge in [0.1, 0.15) is 17.6 Å². The van der Waals surface area contributed by atoms with Crippen molar-refractivity contribution in [3.63, 3.8) is 0 Å². The van der Waals surface area contributed by atoms with Gasteiger partial charge in [-0.3, -0.25) is 4.79 Å². The largest absolute Gasteiger partial charge is 0.497 e. The molecule has 2 heterocycles. The van der Waals surface area contributed by atoms with E-state index in [4.69, 9.17) is 25.8 Å². The molecule has 1 amide bonds.